The van der Waals surface area contributed by atoms with Crippen molar-refractivity contribution in [3.8, 4) is 6.07 Å². The zero-order valence-corrected chi connectivity index (χ0v) is 20.1. The second-order valence-electron chi connectivity index (χ2n) is 7.03. The molecule has 3 rings (SSSR count). The Morgan fingerprint density at radius 1 is 1.09 bits per heavy atom. The first kappa shape index (κ1) is 24.2. The van der Waals surface area contributed by atoms with E-state index in [2.05, 4.69) is 21.2 Å². The number of nitrogens with zero attached hydrogens (tertiary/aromatic N) is 1. The van der Waals surface area contributed by atoms with Crippen molar-refractivity contribution >= 4 is 51.2 Å². The van der Waals surface area contributed by atoms with Crippen LogP contribution in [-0.4, -0.2) is 18.5 Å². The van der Waals surface area contributed by atoms with E-state index >= 15 is 0 Å². The van der Waals surface area contributed by atoms with Gasteiger partial charge in [-0.05, 0) is 78.6 Å². The molecule has 0 saturated carbocycles. The van der Waals surface area contributed by atoms with E-state index in [9.17, 15) is 14.9 Å². The number of nitrogens with one attached hydrogen (secondary N) is 1. The van der Waals surface area contributed by atoms with Gasteiger partial charge in [-0.25, -0.2) is 4.79 Å². The van der Waals surface area contributed by atoms with Gasteiger partial charge in [0.1, 0.15) is 11.6 Å². The van der Waals surface area contributed by atoms with Gasteiger partial charge < -0.3 is 10.1 Å². The van der Waals surface area contributed by atoms with Crippen molar-refractivity contribution in [2.75, 3.05) is 11.9 Å². The van der Waals surface area contributed by atoms with Crippen LogP contribution in [0.2, 0.25) is 5.02 Å². The molecule has 0 aliphatic rings. The van der Waals surface area contributed by atoms with Gasteiger partial charge in [-0.2, -0.15) is 5.26 Å². The van der Waals surface area contributed by atoms with Crippen molar-refractivity contribution in [1.82, 2.24) is 0 Å². The van der Waals surface area contributed by atoms with Crippen molar-refractivity contribution in [1.29, 1.82) is 5.26 Å². The number of carbonyl (C=O) groups is 2. The minimum Gasteiger partial charge on any atom is -0.462 e. The van der Waals surface area contributed by atoms with E-state index < -0.39 is 11.9 Å². The highest BCUT2D eigenvalue weighted by molar-refractivity contribution is 9.10. The van der Waals surface area contributed by atoms with Crippen molar-refractivity contribution in [3.63, 3.8) is 0 Å². The van der Waals surface area contributed by atoms with Crippen LogP contribution in [0.3, 0.4) is 0 Å². The third-order valence-corrected chi connectivity index (χ3v) is 5.77. The number of hydrogen-bond donors (Lipinski definition) is 1. The van der Waals surface area contributed by atoms with Gasteiger partial charge in [-0.15, -0.1) is 0 Å². The number of amides is 1. The van der Waals surface area contributed by atoms with Gasteiger partial charge in [0.05, 0.1) is 12.2 Å². The Balaban J connectivity index is 1.83. The Kier molecular flexibility index (Phi) is 8.42. The predicted molar refractivity (Wildman–Crippen MR) is 133 cm³/mol. The lowest BCUT2D eigenvalue weighted by atomic mass is 9.98. The number of esters is 1. The third kappa shape index (κ3) is 6.55. The fourth-order valence-corrected chi connectivity index (χ4v) is 3.72. The standard InChI is InChI=1S/C26H20BrClN2O3/c1-2-33-26(32)17-8-11-23(12-9-17)30-25(31)21(16-29)14-20-15-22(28)10-7-18(20)13-19-5-3-4-6-24(19)27/h3-12,14-15H,2,13H2,1H3,(H,30,31)/b21-14+. The van der Waals surface area contributed by atoms with Crippen LogP contribution in [0.1, 0.15) is 34.0 Å². The van der Waals surface area contributed by atoms with Crippen LogP contribution >= 0.6 is 27.5 Å². The molecule has 0 fully saturated rings. The monoisotopic (exact) mass is 522 g/mol. The lowest BCUT2D eigenvalue weighted by Crippen LogP contribution is -2.14. The van der Waals surface area contributed by atoms with Crippen molar-refractivity contribution in [3.05, 3.63) is 104 Å². The number of rotatable bonds is 7. The lowest BCUT2D eigenvalue weighted by molar-refractivity contribution is -0.112. The number of halogens is 2. The molecular formula is C26H20BrClN2O3. The molecular weight excluding hydrogens is 504 g/mol. The molecule has 0 unspecified atom stereocenters. The summed E-state index contributed by atoms with van der Waals surface area (Å²) in [6, 6.07) is 21.5. The Labute approximate surface area is 205 Å². The van der Waals surface area contributed by atoms with E-state index in [0.29, 0.717) is 28.3 Å². The first-order valence-electron chi connectivity index (χ1n) is 10.1. The summed E-state index contributed by atoms with van der Waals surface area (Å²) in [7, 11) is 0. The summed E-state index contributed by atoms with van der Waals surface area (Å²) in [5.74, 6) is -1.00. The number of hydrogen-bond acceptors (Lipinski definition) is 4. The molecule has 0 heterocycles. The molecule has 1 N–H and O–H groups in total. The van der Waals surface area contributed by atoms with E-state index in [-0.39, 0.29) is 12.2 Å². The Bertz CT molecular complexity index is 1250. The summed E-state index contributed by atoms with van der Waals surface area (Å²) in [5.41, 5.74) is 3.43. The molecule has 0 aromatic heterocycles. The first-order valence-corrected chi connectivity index (χ1v) is 11.3. The average Bonchev–Trinajstić information content (AvgIpc) is 2.81. The predicted octanol–water partition coefficient (Wildman–Crippen LogP) is 6.42. The highest BCUT2D eigenvalue weighted by Crippen LogP contribution is 2.25. The summed E-state index contributed by atoms with van der Waals surface area (Å²) in [5, 5.41) is 12.8. The second-order valence-corrected chi connectivity index (χ2v) is 8.32. The maximum absolute atomic E-state index is 12.7. The largest absolute Gasteiger partial charge is 0.462 e. The van der Waals surface area contributed by atoms with E-state index in [1.165, 1.54) is 6.08 Å². The molecule has 0 aliphatic heterocycles. The minimum absolute atomic E-state index is 0.0693. The second kappa shape index (κ2) is 11.5. The van der Waals surface area contributed by atoms with E-state index in [1.807, 2.05) is 36.4 Å². The van der Waals surface area contributed by atoms with E-state index in [1.54, 1.807) is 43.3 Å². The summed E-state index contributed by atoms with van der Waals surface area (Å²) in [4.78, 5) is 24.5. The number of benzene rings is 3. The van der Waals surface area contributed by atoms with Crippen LogP contribution in [-0.2, 0) is 16.0 Å². The Morgan fingerprint density at radius 3 is 2.48 bits per heavy atom. The number of nitriles is 1. The van der Waals surface area contributed by atoms with Crippen LogP contribution in [0.4, 0.5) is 5.69 Å². The van der Waals surface area contributed by atoms with Crippen LogP contribution in [0.15, 0.2) is 76.8 Å². The summed E-state index contributed by atoms with van der Waals surface area (Å²) in [6.45, 7) is 2.01. The van der Waals surface area contributed by atoms with Gasteiger partial charge in [0.25, 0.3) is 5.91 Å². The van der Waals surface area contributed by atoms with Gasteiger partial charge in [-0.1, -0.05) is 51.8 Å². The van der Waals surface area contributed by atoms with Crippen molar-refractivity contribution in [2.24, 2.45) is 0 Å². The molecule has 0 bridgehead atoms. The van der Waals surface area contributed by atoms with Crippen LogP contribution in [0, 0.1) is 11.3 Å². The summed E-state index contributed by atoms with van der Waals surface area (Å²) in [6.07, 6.45) is 2.13. The smallest absolute Gasteiger partial charge is 0.338 e. The molecule has 3 aromatic carbocycles. The maximum Gasteiger partial charge on any atom is 0.338 e. The van der Waals surface area contributed by atoms with Gasteiger partial charge in [0.15, 0.2) is 0 Å². The number of ether oxygens (including phenoxy) is 1. The molecule has 1 amide bonds. The Hall–Kier alpha value is -3.40. The van der Waals surface area contributed by atoms with Crippen LogP contribution in [0.25, 0.3) is 6.08 Å². The molecule has 33 heavy (non-hydrogen) atoms. The van der Waals surface area contributed by atoms with E-state index in [0.717, 1.165) is 15.6 Å². The molecule has 0 spiro atoms. The Morgan fingerprint density at radius 2 is 1.82 bits per heavy atom. The van der Waals surface area contributed by atoms with Gasteiger partial charge in [-0.3, -0.25) is 4.79 Å². The molecule has 5 nitrogen and oxygen atoms in total. The van der Waals surface area contributed by atoms with Crippen LogP contribution < -0.4 is 5.32 Å². The van der Waals surface area contributed by atoms with Crippen molar-refractivity contribution < 1.29 is 14.3 Å². The zero-order valence-electron chi connectivity index (χ0n) is 17.8. The molecule has 7 heteroatoms. The average molecular weight is 524 g/mol. The fourth-order valence-electron chi connectivity index (χ4n) is 3.11. The highest BCUT2D eigenvalue weighted by Gasteiger charge is 2.13. The third-order valence-electron chi connectivity index (χ3n) is 4.77. The van der Waals surface area contributed by atoms with Crippen molar-refractivity contribution in [2.45, 2.75) is 13.3 Å². The number of anilines is 1. The van der Waals surface area contributed by atoms with Crippen LogP contribution in [0.5, 0.6) is 0 Å². The van der Waals surface area contributed by atoms with E-state index in [4.69, 9.17) is 16.3 Å². The topological polar surface area (TPSA) is 79.2 Å². The first-order chi connectivity index (χ1) is 15.9. The number of carbonyl (C=O) groups excluding carboxylic acids is 2. The molecule has 0 radical (unpaired) electrons. The summed E-state index contributed by atoms with van der Waals surface area (Å²) < 4.78 is 5.92. The minimum atomic E-state index is -0.562. The zero-order chi connectivity index (χ0) is 23.8. The molecule has 0 saturated heterocycles. The maximum atomic E-state index is 12.7. The molecule has 3 aromatic rings. The van der Waals surface area contributed by atoms with Gasteiger partial charge in [0.2, 0.25) is 0 Å². The highest BCUT2D eigenvalue weighted by atomic mass is 79.9. The summed E-state index contributed by atoms with van der Waals surface area (Å²) >= 11 is 9.74. The van der Waals surface area contributed by atoms with Gasteiger partial charge >= 0.3 is 5.97 Å². The van der Waals surface area contributed by atoms with Gasteiger partial charge in [0, 0.05) is 15.2 Å². The molecule has 0 atom stereocenters. The lowest BCUT2D eigenvalue weighted by Gasteiger charge is -2.10. The molecule has 0 aliphatic carbocycles. The normalized spacial score (nSPS) is 10.9. The SMILES string of the molecule is CCOC(=O)c1ccc(NC(=O)/C(C#N)=C/c2cc(Cl)ccc2Cc2ccccc2Br)cc1. The molecule has 166 valence electrons. The fraction of sp³-hybridized carbons (Fsp3) is 0.115. The quantitative estimate of drug-likeness (QED) is 0.220.